The third-order valence-corrected chi connectivity index (χ3v) is 8.87. The highest BCUT2D eigenvalue weighted by molar-refractivity contribution is 8.06. The lowest BCUT2D eigenvalue weighted by Gasteiger charge is -2.48. The number of hydrogen-bond acceptors (Lipinski definition) is 9. The standard InChI is InChI=1S/C24H21N3O4S3/c1-30-16-6-2-14(3-7-16)12-31-24(29)20-18(13-33-23-19(25)22(28)27(20)23)34-17-8-4-15(5-9-17)21-26-10-11-32-21/h2-11,19,23H,12-13,25H2,1H3/t19-,23+/m1/s1. The number of rotatable bonds is 7. The molecule has 7 nitrogen and oxygen atoms in total. The summed E-state index contributed by atoms with van der Waals surface area (Å²) in [5.41, 5.74) is 8.14. The SMILES string of the molecule is COc1ccc(COC(=O)C2=C(Sc3ccc(-c4nccs4)cc3)CS[C@H]3[C@H](N)C(=O)N23)cc1. The van der Waals surface area contributed by atoms with Crippen molar-refractivity contribution in [2.45, 2.75) is 22.9 Å². The predicted molar refractivity (Wildman–Crippen MR) is 134 cm³/mol. The molecule has 2 aromatic carbocycles. The maximum absolute atomic E-state index is 13.2. The van der Waals surface area contributed by atoms with Crippen molar-refractivity contribution in [2.24, 2.45) is 5.73 Å². The minimum absolute atomic E-state index is 0.0959. The molecule has 2 N–H and O–H groups in total. The van der Waals surface area contributed by atoms with E-state index >= 15 is 0 Å². The Labute approximate surface area is 209 Å². The van der Waals surface area contributed by atoms with Gasteiger partial charge in [-0.1, -0.05) is 36.0 Å². The lowest BCUT2D eigenvalue weighted by atomic mass is 10.1. The van der Waals surface area contributed by atoms with Crippen LogP contribution in [0.25, 0.3) is 10.6 Å². The molecule has 5 rings (SSSR count). The Bertz CT molecular complexity index is 1230. The number of methoxy groups -OCH3 is 1. The number of aromatic nitrogens is 1. The van der Waals surface area contributed by atoms with Gasteiger partial charge in [0.2, 0.25) is 5.91 Å². The zero-order valence-corrected chi connectivity index (χ0v) is 20.6. The minimum atomic E-state index is -0.599. The van der Waals surface area contributed by atoms with Crippen LogP contribution in [0.3, 0.4) is 0 Å². The maximum atomic E-state index is 13.2. The van der Waals surface area contributed by atoms with Gasteiger partial charge in [-0.25, -0.2) is 9.78 Å². The number of carbonyl (C=O) groups is 2. The molecule has 3 aromatic rings. The molecule has 0 bridgehead atoms. The zero-order chi connectivity index (χ0) is 23.7. The molecule has 3 heterocycles. The molecule has 0 spiro atoms. The zero-order valence-electron chi connectivity index (χ0n) is 18.2. The summed E-state index contributed by atoms with van der Waals surface area (Å²) in [6.45, 7) is 0.0959. The first kappa shape index (κ1) is 23.0. The Balaban J connectivity index is 1.37. The summed E-state index contributed by atoms with van der Waals surface area (Å²) in [5.74, 6) is 0.521. The van der Waals surface area contributed by atoms with Crippen molar-refractivity contribution in [1.82, 2.24) is 9.88 Å². The van der Waals surface area contributed by atoms with Crippen molar-refractivity contribution in [2.75, 3.05) is 12.9 Å². The van der Waals surface area contributed by atoms with E-state index in [1.54, 1.807) is 36.4 Å². The van der Waals surface area contributed by atoms with Gasteiger partial charge in [-0.3, -0.25) is 9.69 Å². The largest absolute Gasteiger partial charge is 0.497 e. The fourth-order valence-electron chi connectivity index (χ4n) is 3.67. The van der Waals surface area contributed by atoms with Gasteiger partial charge in [-0.05, 0) is 29.8 Å². The number of fused-ring (bicyclic) bond motifs is 1. The third kappa shape index (κ3) is 4.46. The first-order valence-electron chi connectivity index (χ1n) is 10.5. The lowest BCUT2D eigenvalue weighted by molar-refractivity contribution is -0.151. The number of carbonyl (C=O) groups excluding carboxylic acids is 2. The molecule has 1 aromatic heterocycles. The summed E-state index contributed by atoms with van der Waals surface area (Å²) in [6, 6.07) is 14.7. The lowest BCUT2D eigenvalue weighted by Crippen LogP contribution is -2.68. The summed E-state index contributed by atoms with van der Waals surface area (Å²) in [5, 5.41) is 2.65. The molecule has 0 aliphatic carbocycles. The summed E-state index contributed by atoms with van der Waals surface area (Å²) >= 11 is 4.61. The van der Waals surface area contributed by atoms with Crippen LogP contribution in [0.5, 0.6) is 5.75 Å². The molecule has 1 saturated heterocycles. The van der Waals surface area contributed by atoms with Crippen molar-refractivity contribution in [3.8, 4) is 16.3 Å². The normalized spacial score (nSPS) is 19.5. The van der Waals surface area contributed by atoms with Crippen molar-refractivity contribution in [1.29, 1.82) is 0 Å². The molecule has 0 saturated carbocycles. The molecular formula is C24H21N3O4S3. The molecule has 1 fully saturated rings. The highest BCUT2D eigenvalue weighted by Gasteiger charge is 2.52. The molecule has 2 atom stereocenters. The fourth-order valence-corrected chi connectivity index (χ4v) is 6.73. The second-order valence-corrected chi connectivity index (χ2v) is 10.8. The Morgan fingerprint density at radius 2 is 1.97 bits per heavy atom. The molecule has 0 unspecified atom stereocenters. The Hall–Kier alpha value is -2.79. The second kappa shape index (κ2) is 9.83. The number of amides is 1. The summed E-state index contributed by atoms with van der Waals surface area (Å²) in [7, 11) is 1.60. The highest BCUT2D eigenvalue weighted by atomic mass is 32.2. The van der Waals surface area contributed by atoms with Gasteiger partial charge in [0, 0.05) is 32.7 Å². The van der Waals surface area contributed by atoms with Gasteiger partial charge in [0.05, 0.1) is 7.11 Å². The molecule has 0 radical (unpaired) electrons. The van der Waals surface area contributed by atoms with Gasteiger partial charge < -0.3 is 15.2 Å². The van der Waals surface area contributed by atoms with Crippen LogP contribution in [0.4, 0.5) is 0 Å². The van der Waals surface area contributed by atoms with Crippen molar-refractivity contribution >= 4 is 46.7 Å². The number of ether oxygens (including phenoxy) is 2. The number of nitrogens with zero attached hydrogens (tertiary/aromatic N) is 2. The number of thioether (sulfide) groups is 2. The molecular weight excluding hydrogens is 490 g/mol. The maximum Gasteiger partial charge on any atom is 0.356 e. The first-order valence-corrected chi connectivity index (χ1v) is 13.2. The number of esters is 1. The third-order valence-electron chi connectivity index (χ3n) is 5.47. The van der Waals surface area contributed by atoms with Gasteiger partial charge in [-0.2, -0.15) is 0 Å². The fraction of sp³-hybridized carbons (Fsp3) is 0.208. The van der Waals surface area contributed by atoms with Crippen LogP contribution in [0, 0.1) is 0 Å². The van der Waals surface area contributed by atoms with Crippen LogP contribution in [-0.2, 0) is 20.9 Å². The van der Waals surface area contributed by atoms with Gasteiger partial charge in [0.25, 0.3) is 0 Å². The van der Waals surface area contributed by atoms with E-state index in [1.165, 1.54) is 16.7 Å². The van der Waals surface area contributed by atoms with Crippen LogP contribution in [-0.4, -0.2) is 46.0 Å². The summed E-state index contributed by atoms with van der Waals surface area (Å²) in [6.07, 6.45) is 1.78. The Morgan fingerprint density at radius 3 is 2.65 bits per heavy atom. The monoisotopic (exact) mass is 511 g/mol. The van der Waals surface area contributed by atoms with Crippen LogP contribution < -0.4 is 10.5 Å². The summed E-state index contributed by atoms with van der Waals surface area (Å²) in [4.78, 5) is 33.3. The smallest absolute Gasteiger partial charge is 0.356 e. The Kier molecular flexibility index (Phi) is 6.64. The van der Waals surface area contributed by atoms with Crippen molar-refractivity contribution in [3.63, 3.8) is 0 Å². The number of hydrogen-bond donors (Lipinski definition) is 1. The number of thiazole rings is 1. The molecule has 1 amide bonds. The minimum Gasteiger partial charge on any atom is -0.497 e. The number of benzene rings is 2. The van der Waals surface area contributed by atoms with Gasteiger partial charge in [0.15, 0.2) is 0 Å². The van der Waals surface area contributed by atoms with Crippen molar-refractivity contribution < 1.29 is 19.1 Å². The average molecular weight is 512 g/mol. The van der Waals surface area contributed by atoms with E-state index in [-0.39, 0.29) is 23.6 Å². The van der Waals surface area contributed by atoms with E-state index in [4.69, 9.17) is 15.2 Å². The van der Waals surface area contributed by atoms with Crippen LogP contribution in [0.15, 0.2) is 75.6 Å². The van der Waals surface area contributed by atoms with E-state index in [9.17, 15) is 9.59 Å². The van der Waals surface area contributed by atoms with Gasteiger partial charge in [-0.15, -0.1) is 23.1 Å². The quantitative estimate of drug-likeness (QED) is 0.374. The molecule has 2 aliphatic rings. The van der Waals surface area contributed by atoms with Crippen LogP contribution in [0.2, 0.25) is 0 Å². The number of nitrogens with two attached hydrogens (primary N) is 1. The van der Waals surface area contributed by atoms with Gasteiger partial charge in [0.1, 0.15) is 34.5 Å². The van der Waals surface area contributed by atoms with Crippen molar-refractivity contribution in [3.05, 3.63) is 76.3 Å². The summed E-state index contributed by atoms with van der Waals surface area (Å²) < 4.78 is 10.8. The number of β-lactam (4-membered cyclic amide) rings is 1. The van der Waals surface area contributed by atoms with Crippen LogP contribution >= 0.6 is 34.9 Å². The first-order chi connectivity index (χ1) is 16.5. The van der Waals surface area contributed by atoms with E-state index in [0.29, 0.717) is 5.75 Å². The van der Waals surface area contributed by atoms with E-state index in [0.717, 1.165) is 31.7 Å². The topological polar surface area (TPSA) is 94.7 Å². The second-order valence-electron chi connectivity index (χ2n) is 7.60. The predicted octanol–water partition coefficient (Wildman–Crippen LogP) is 4.11. The van der Waals surface area contributed by atoms with E-state index in [2.05, 4.69) is 4.98 Å². The molecule has 2 aliphatic heterocycles. The highest BCUT2D eigenvalue weighted by Crippen LogP contribution is 2.45. The molecule has 34 heavy (non-hydrogen) atoms. The average Bonchev–Trinajstić information content (AvgIpc) is 3.42. The van der Waals surface area contributed by atoms with E-state index < -0.39 is 12.0 Å². The van der Waals surface area contributed by atoms with Gasteiger partial charge >= 0.3 is 5.97 Å². The Morgan fingerprint density at radius 1 is 1.21 bits per heavy atom. The van der Waals surface area contributed by atoms with Crippen LogP contribution in [0.1, 0.15) is 5.56 Å². The molecule has 10 heteroatoms. The molecule has 174 valence electrons. The van der Waals surface area contributed by atoms with E-state index in [1.807, 2.05) is 53.9 Å².